The number of halogens is 1. The maximum Gasteiger partial charge on any atom is 0.235 e. The van der Waals surface area contributed by atoms with Crippen molar-refractivity contribution >= 4 is 31.6 Å². The Kier molecular flexibility index (Phi) is 5.62. The zero-order valence-corrected chi connectivity index (χ0v) is 13.2. The molecule has 0 fully saturated rings. The summed E-state index contributed by atoms with van der Waals surface area (Å²) in [5.41, 5.74) is 2.57. The summed E-state index contributed by atoms with van der Waals surface area (Å²) in [5, 5.41) is 0. The van der Waals surface area contributed by atoms with Crippen molar-refractivity contribution in [3.8, 4) is 0 Å². The molecule has 6 heteroatoms. The van der Waals surface area contributed by atoms with Gasteiger partial charge in [-0.3, -0.25) is 4.72 Å². The normalized spacial score (nSPS) is 11.6. The Morgan fingerprint density at radius 1 is 1.33 bits per heavy atom. The molecule has 0 bridgehead atoms. The summed E-state index contributed by atoms with van der Waals surface area (Å²) in [6, 6.07) is 3.82. The molecule has 0 unspecified atom stereocenters. The standard InChI is InChI=1S/C12H18BrNO3S/c1-4-17-5-6-18(15,16)14-12-10(3)7-9(2)8-11(12)13/h7-8,14H,4-6H2,1-3H3. The number of benzene rings is 1. The minimum Gasteiger partial charge on any atom is -0.381 e. The molecule has 1 rings (SSSR count). The van der Waals surface area contributed by atoms with Gasteiger partial charge < -0.3 is 4.74 Å². The van der Waals surface area contributed by atoms with Gasteiger partial charge in [0, 0.05) is 11.1 Å². The third-order valence-corrected chi connectivity index (χ3v) is 4.23. The van der Waals surface area contributed by atoms with Gasteiger partial charge >= 0.3 is 0 Å². The first kappa shape index (κ1) is 15.5. The highest BCUT2D eigenvalue weighted by molar-refractivity contribution is 9.10. The van der Waals surface area contributed by atoms with E-state index in [-0.39, 0.29) is 12.4 Å². The summed E-state index contributed by atoms with van der Waals surface area (Å²) >= 11 is 3.37. The summed E-state index contributed by atoms with van der Waals surface area (Å²) < 4.78 is 32.1. The van der Waals surface area contributed by atoms with Crippen molar-refractivity contribution in [3.63, 3.8) is 0 Å². The second-order valence-electron chi connectivity index (χ2n) is 4.06. The number of anilines is 1. The van der Waals surface area contributed by atoms with Gasteiger partial charge in [0.1, 0.15) is 0 Å². The molecule has 0 atom stereocenters. The summed E-state index contributed by atoms with van der Waals surface area (Å²) in [6.07, 6.45) is 0. The molecule has 4 nitrogen and oxygen atoms in total. The minimum atomic E-state index is -3.37. The first-order valence-corrected chi connectivity index (χ1v) is 8.15. The highest BCUT2D eigenvalue weighted by Gasteiger charge is 2.14. The molecule has 1 N–H and O–H groups in total. The molecule has 1 aromatic rings. The van der Waals surface area contributed by atoms with Crippen LogP contribution in [0.15, 0.2) is 16.6 Å². The lowest BCUT2D eigenvalue weighted by Crippen LogP contribution is -2.21. The lowest BCUT2D eigenvalue weighted by molar-refractivity contribution is 0.163. The summed E-state index contributed by atoms with van der Waals surface area (Å²) in [7, 11) is -3.37. The third kappa shape index (κ3) is 4.59. The van der Waals surface area contributed by atoms with Gasteiger partial charge in [0.2, 0.25) is 10.0 Å². The van der Waals surface area contributed by atoms with Gasteiger partial charge in [0.25, 0.3) is 0 Å². The fraction of sp³-hybridized carbons (Fsp3) is 0.500. The smallest absolute Gasteiger partial charge is 0.235 e. The predicted octanol–water partition coefficient (Wildman–Crippen LogP) is 2.84. The fourth-order valence-corrected chi connectivity index (χ4v) is 3.49. The monoisotopic (exact) mass is 335 g/mol. The van der Waals surface area contributed by atoms with E-state index in [1.807, 2.05) is 32.9 Å². The summed E-state index contributed by atoms with van der Waals surface area (Å²) in [5.74, 6) is -0.0411. The first-order chi connectivity index (χ1) is 8.35. The average molecular weight is 336 g/mol. The number of sulfonamides is 1. The van der Waals surface area contributed by atoms with Gasteiger partial charge in [-0.1, -0.05) is 6.07 Å². The molecule has 0 aliphatic heterocycles. The molecule has 0 saturated heterocycles. The van der Waals surface area contributed by atoms with Gasteiger partial charge in [0.15, 0.2) is 0 Å². The number of ether oxygens (including phenoxy) is 1. The first-order valence-electron chi connectivity index (χ1n) is 5.70. The SMILES string of the molecule is CCOCCS(=O)(=O)Nc1c(C)cc(C)cc1Br. The van der Waals surface area contributed by atoms with E-state index in [0.29, 0.717) is 12.3 Å². The van der Waals surface area contributed by atoms with E-state index in [1.165, 1.54) is 0 Å². The van der Waals surface area contributed by atoms with Crippen molar-refractivity contribution in [2.24, 2.45) is 0 Å². The Balaban J connectivity index is 2.84. The van der Waals surface area contributed by atoms with Crippen LogP contribution in [0.2, 0.25) is 0 Å². The second kappa shape index (κ2) is 6.54. The van der Waals surface area contributed by atoms with Crippen LogP contribution in [0.5, 0.6) is 0 Å². The third-order valence-electron chi connectivity index (χ3n) is 2.39. The van der Waals surface area contributed by atoms with Crippen molar-refractivity contribution in [1.82, 2.24) is 0 Å². The predicted molar refractivity (Wildman–Crippen MR) is 77.5 cm³/mol. The molecule has 0 heterocycles. The van der Waals surface area contributed by atoms with E-state index in [9.17, 15) is 8.42 Å². The molecule has 18 heavy (non-hydrogen) atoms. The Morgan fingerprint density at radius 3 is 2.56 bits per heavy atom. The minimum absolute atomic E-state index is 0.0411. The molecule has 1 aromatic carbocycles. The Morgan fingerprint density at radius 2 is 2.00 bits per heavy atom. The van der Waals surface area contributed by atoms with E-state index in [0.717, 1.165) is 15.6 Å². The van der Waals surface area contributed by atoms with Gasteiger partial charge in [0.05, 0.1) is 18.0 Å². The van der Waals surface area contributed by atoms with Crippen LogP contribution >= 0.6 is 15.9 Å². The Bertz CT molecular complexity index is 491. The highest BCUT2D eigenvalue weighted by Crippen LogP contribution is 2.28. The molecule has 102 valence electrons. The van der Waals surface area contributed by atoms with Crippen LogP contribution in [0, 0.1) is 13.8 Å². The molecule has 0 saturated carbocycles. The van der Waals surface area contributed by atoms with E-state index in [1.54, 1.807) is 0 Å². The van der Waals surface area contributed by atoms with Crippen LogP contribution in [0.4, 0.5) is 5.69 Å². The second-order valence-corrected chi connectivity index (χ2v) is 6.75. The molecule has 0 aliphatic rings. The lowest BCUT2D eigenvalue weighted by atomic mass is 10.1. The summed E-state index contributed by atoms with van der Waals surface area (Å²) in [6.45, 7) is 6.39. The molecular weight excluding hydrogens is 318 g/mol. The van der Waals surface area contributed by atoms with Crippen LogP contribution < -0.4 is 4.72 Å². The molecule has 0 aliphatic carbocycles. The highest BCUT2D eigenvalue weighted by atomic mass is 79.9. The van der Waals surface area contributed by atoms with Crippen molar-refractivity contribution < 1.29 is 13.2 Å². The average Bonchev–Trinajstić information content (AvgIpc) is 2.23. The van der Waals surface area contributed by atoms with Crippen molar-refractivity contribution in [1.29, 1.82) is 0 Å². The fourth-order valence-electron chi connectivity index (χ4n) is 1.56. The number of rotatable bonds is 6. The zero-order valence-electron chi connectivity index (χ0n) is 10.8. The topological polar surface area (TPSA) is 55.4 Å². The van der Waals surface area contributed by atoms with E-state index in [4.69, 9.17) is 4.74 Å². The van der Waals surface area contributed by atoms with Crippen molar-refractivity contribution in [2.75, 3.05) is 23.7 Å². The lowest BCUT2D eigenvalue weighted by Gasteiger charge is -2.13. The van der Waals surface area contributed by atoms with Gasteiger partial charge in [-0.2, -0.15) is 0 Å². The molecule has 0 aromatic heterocycles. The van der Waals surface area contributed by atoms with Crippen LogP contribution in [-0.2, 0) is 14.8 Å². The van der Waals surface area contributed by atoms with Crippen LogP contribution in [0.3, 0.4) is 0 Å². The number of hydrogen-bond donors (Lipinski definition) is 1. The molecule has 0 spiro atoms. The number of hydrogen-bond acceptors (Lipinski definition) is 3. The Hall–Kier alpha value is -0.590. The maximum absolute atomic E-state index is 11.9. The summed E-state index contributed by atoms with van der Waals surface area (Å²) in [4.78, 5) is 0. The van der Waals surface area contributed by atoms with Gasteiger partial charge in [-0.25, -0.2) is 8.42 Å². The van der Waals surface area contributed by atoms with E-state index >= 15 is 0 Å². The zero-order chi connectivity index (χ0) is 13.8. The van der Waals surface area contributed by atoms with Crippen LogP contribution in [-0.4, -0.2) is 27.4 Å². The Labute approximate surface area is 117 Å². The number of aryl methyl sites for hydroxylation is 2. The molecule has 0 amide bonds. The van der Waals surface area contributed by atoms with Crippen molar-refractivity contribution in [2.45, 2.75) is 20.8 Å². The van der Waals surface area contributed by atoms with E-state index in [2.05, 4.69) is 20.7 Å². The molecular formula is C12H18BrNO3S. The van der Waals surface area contributed by atoms with Gasteiger partial charge in [-0.15, -0.1) is 0 Å². The van der Waals surface area contributed by atoms with E-state index < -0.39 is 10.0 Å². The quantitative estimate of drug-likeness (QED) is 0.813. The van der Waals surface area contributed by atoms with Crippen LogP contribution in [0.1, 0.15) is 18.1 Å². The largest absolute Gasteiger partial charge is 0.381 e. The number of nitrogens with one attached hydrogen (secondary N) is 1. The van der Waals surface area contributed by atoms with Gasteiger partial charge in [-0.05, 0) is 53.9 Å². The van der Waals surface area contributed by atoms with Crippen LogP contribution in [0.25, 0.3) is 0 Å². The molecule has 0 radical (unpaired) electrons. The maximum atomic E-state index is 11.9. The van der Waals surface area contributed by atoms with Crippen molar-refractivity contribution in [3.05, 3.63) is 27.7 Å².